The lowest BCUT2D eigenvalue weighted by atomic mass is 10.0. The molecule has 0 aliphatic carbocycles. The Hall–Kier alpha value is -1.88. The Morgan fingerprint density at radius 2 is 1.91 bits per heavy atom. The van der Waals surface area contributed by atoms with Crippen molar-refractivity contribution >= 4 is 17.2 Å². The molecule has 0 saturated carbocycles. The Balaban J connectivity index is 1.89. The minimum absolute atomic E-state index is 0.131. The zero-order valence-corrected chi connectivity index (χ0v) is 13.8. The van der Waals surface area contributed by atoms with Gasteiger partial charge in [-0.3, -0.25) is 4.90 Å². The number of halogens is 1. The van der Waals surface area contributed by atoms with Gasteiger partial charge in [-0.1, -0.05) is 48.0 Å². The molecule has 0 saturated heterocycles. The number of fused-ring (bicyclic) bond motifs is 1. The van der Waals surface area contributed by atoms with Crippen LogP contribution in [0.3, 0.4) is 0 Å². The van der Waals surface area contributed by atoms with Crippen LogP contribution in [-0.4, -0.2) is 33.0 Å². The molecule has 3 rings (SSSR count). The summed E-state index contributed by atoms with van der Waals surface area (Å²) < 4.78 is 2.01. The molecule has 0 aliphatic rings. The zero-order chi connectivity index (χ0) is 16.2. The minimum atomic E-state index is 0.131. The van der Waals surface area contributed by atoms with E-state index < -0.39 is 0 Å². The fraction of sp³-hybridized carbons (Fsp3) is 0.278. The van der Waals surface area contributed by atoms with E-state index in [0.717, 1.165) is 11.3 Å². The summed E-state index contributed by atoms with van der Waals surface area (Å²) >= 11 is 6.33. The fourth-order valence-corrected chi connectivity index (χ4v) is 3.18. The topological polar surface area (TPSA) is 40.8 Å². The van der Waals surface area contributed by atoms with Gasteiger partial charge in [0.15, 0.2) is 5.15 Å². The number of nitrogens with zero attached hydrogens (tertiary/aromatic N) is 3. The molecule has 0 bridgehead atoms. The van der Waals surface area contributed by atoms with Crippen LogP contribution >= 0.6 is 11.6 Å². The maximum Gasteiger partial charge on any atom is 0.152 e. The molecule has 0 amide bonds. The molecule has 2 aromatic heterocycles. The molecule has 3 aromatic rings. The molecule has 5 heteroatoms. The summed E-state index contributed by atoms with van der Waals surface area (Å²) in [5.41, 5.74) is 3.00. The number of rotatable bonds is 6. The Bertz CT molecular complexity index is 772. The van der Waals surface area contributed by atoms with E-state index in [0.29, 0.717) is 18.1 Å². The van der Waals surface area contributed by atoms with Crippen LogP contribution in [-0.2, 0) is 6.54 Å². The first kappa shape index (κ1) is 16.0. The molecule has 0 aliphatic heterocycles. The second-order valence-corrected chi connectivity index (χ2v) is 5.99. The van der Waals surface area contributed by atoms with Crippen LogP contribution in [0.1, 0.15) is 23.7 Å². The number of imidazole rings is 1. The summed E-state index contributed by atoms with van der Waals surface area (Å²) in [6.07, 6.45) is 2.65. The number of pyridine rings is 1. The van der Waals surface area contributed by atoms with E-state index in [1.165, 1.54) is 5.56 Å². The first-order chi connectivity index (χ1) is 11.2. The SMILES string of the molecule is CN(Cc1c(Cl)nc2ccccn12)C(CCO)c1ccccc1. The lowest BCUT2D eigenvalue weighted by molar-refractivity contribution is 0.178. The minimum Gasteiger partial charge on any atom is -0.396 e. The van der Waals surface area contributed by atoms with Gasteiger partial charge in [0.05, 0.1) is 5.69 Å². The Morgan fingerprint density at radius 1 is 1.17 bits per heavy atom. The van der Waals surface area contributed by atoms with Gasteiger partial charge in [-0.25, -0.2) is 4.98 Å². The average molecular weight is 330 g/mol. The number of hydrogen-bond acceptors (Lipinski definition) is 3. The predicted molar refractivity (Wildman–Crippen MR) is 92.6 cm³/mol. The zero-order valence-electron chi connectivity index (χ0n) is 13.1. The van der Waals surface area contributed by atoms with Gasteiger partial charge in [0, 0.05) is 25.4 Å². The number of aliphatic hydroxyl groups is 1. The van der Waals surface area contributed by atoms with E-state index >= 15 is 0 Å². The summed E-state index contributed by atoms with van der Waals surface area (Å²) in [5.74, 6) is 0. The van der Waals surface area contributed by atoms with Gasteiger partial charge in [0.1, 0.15) is 5.65 Å². The highest BCUT2D eigenvalue weighted by molar-refractivity contribution is 6.30. The first-order valence-electron chi connectivity index (χ1n) is 7.68. The molecular weight excluding hydrogens is 310 g/mol. The van der Waals surface area contributed by atoms with Crippen LogP contribution in [0.2, 0.25) is 5.15 Å². The number of benzene rings is 1. The van der Waals surface area contributed by atoms with Crippen molar-refractivity contribution in [2.45, 2.75) is 19.0 Å². The van der Waals surface area contributed by atoms with Crippen LogP contribution in [0, 0.1) is 0 Å². The second-order valence-electron chi connectivity index (χ2n) is 5.63. The van der Waals surface area contributed by atoms with Crippen molar-refractivity contribution in [1.29, 1.82) is 0 Å². The third-order valence-electron chi connectivity index (χ3n) is 4.10. The molecule has 1 aromatic carbocycles. The molecule has 120 valence electrons. The van der Waals surface area contributed by atoms with Crippen molar-refractivity contribution in [2.24, 2.45) is 0 Å². The lowest BCUT2D eigenvalue weighted by Gasteiger charge is -2.28. The molecule has 1 unspecified atom stereocenters. The van der Waals surface area contributed by atoms with Crippen molar-refractivity contribution < 1.29 is 5.11 Å². The normalized spacial score (nSPS) is 12.9. The largest absolute Gasteiger partial charge is 0.396 e. The molecule has 4 nitrogen and oxygen atoms in total. The van der Waals surface area contributed by atoms with Gasteiger partial charge < -0.3 is 9.51 Å². The summed E-state index contributed by atoms with van der Waals surface area (Å²) in [5, 5.41) is 9.96. The van der Waals surface area contributed by atoms with Gasteiger partial charge >= 0.3 is 0 Å². The maximum absolute atomic E-state index is 9.43. The molecular formula is C18H20ClN3O. The predicted octanol–water partition coefficient (Wildman–Crippen LogP) is 3.54. The van der Waals surface area contributed by atoms with Crippen molar-refractivity contribution in [2.75, 3.05) is 13.7 Å². The van der Waals surface area contributed by atoms with Gasteiger partial charge in [-0.15, -0.1) is 0 Å². The maximum atomic E-state index is 9.43. The standard InChI is InChI=1S/C18H20ClN3O/c1-21(15(10-12-23)14-7-3-2-4-8-14)13-16-18(19)20-17-9-5-6-11-22(16)17/h2-9,11,15,23H,10,12-13H2,1H3. The van der Waals surface area contributed by atoms with Gasteiger partial charge in [0.25, 0.3) is 0 Å². The molecule has 0 fully saturated rings. The average Bonchev–Trinajstić information content (AvgIpc) is 2.89. The summed E-state index contributed by atoms with van der Waals surface area (Å²) in [6, 6.07) is 16.2. The van der Waals surface area contributed by atoms with E-state index in [-0.39, 0.29) is 12.6 Å². The van der Waals surface area contributed by atoms with Crippen LogP contribution in [0.15, 0.2) is 54.7 Å². The number of hydrogen-bond donors (Lipinski definition) is 1. The molecule has 2 heterocycles. The quantitative estimate of drug-likeness (QED) is 0.752. The van der Waals surface area contributed by atoms with Gasteiger partial charge in [-0.05, 0) is 31.2 Å². The van der Waals surface area contributed by atoms with Gasteiger partial charge in [-0.2, -0.15) is 0 Å². The van der Waals surface area contributed by atoms with E-state index in [2.05, 4.69) is 22.0 Å². The monoisotopic (exact) mass is 329 g/mol. The lowest BCUT2D eigenvalue weighted by Crippen LogP contribution is -2.26. The van der Waals surface area contributed by atoms with Crippen molar-refractivity contribution in [1.82, 2.24) is 14.3 Å². The highest BCUT2D eigenvalue weighted by Crippen LogP contribution is 2.26. The van der Waals surface area contributed by atoms with E-state index in [1.54, 1.807) is 0 Å². The second kappa shape index (κ2) is 7.13. The summed E-state index contributed by atoms with van der Waals surface area (Å²) in [4.78, 5) is 6.60. The molecule has 0 spiro atoms. The van der Waals surface area contributed by atoms with Crippen LogP contribution in [0.5, 0.6) is 0 Å². The van der Waals surface area contributed by atoms with E-state index in [4.69, 9.17) is 11.6 Å². The van der Waals surface area contributed by atoms with Crippen LogP contribution in [0.4, 0.5) is 0 Å². The smallest absolute Gasteiger partial charge is 0.152 e. The highest BCUT2D eigenvalue weighted by atomic mass is 35.5. The van der Waals surface area contributed by atoms with E-state index in [1.807, 2.05) is 54.0 Å². The van der Waals surface area contributed by atoms with Crippen molar-refractivity contribution in [3.05, 3.63) is 71.1 Å². The number of aliphatic hydroxyl groups excluding tert-OH is 1. The first-order valence-corrected chi connectivity index (χ1v) is 8.06. The molecule has 23 heavy (non-hydrogen) atoms. The highest BCUT2D eigenvalue weighted by Gasteiger charge is 2.19. The Kier molecular flexibility index (Phi) is 4.96. The molecule has 1 atom stereocenters. The van der Waals surface area contributed by atoms with Gasteiger partial charge in [0.2, 0.25) is 0 Å². The fourth-order valence-electron chi connectivity index (χ4n) is 2.94. The molecule has 0 radical (unpaired) electrons. The number of aromatic nitrogens is 2. The van der Waals surface area contributed by atoms with E-state index in [9.17, 15) is 5.11 Å². The summed E-state index contributed by atoms with van der Waals surface area (Å²) in [6.45, 7) is 0.800. The third-order valence-corrected chi connectivity index (χ3v) is 4.40. The Labute approximate surface area is 141 Å². The summed E-state index contributed by atoms with van der Waals surface area (Å²) in [7, 11) is 2.05. The molecule has 1 N–H and O–H groups in total. The van der Waals surface area contributed by atoms with Crippen molar-refractivity contribution in [3.8, 4) is 0 Å². The Morgan fingerprint density at radius 3 is 2.65 bits per heavy atom. The van der Waals surface area contributed by atoms with Crippen LogP contribution < -0.4 is 0 Å². The van der Waals surface area contributed by atoms with Crippen molar-refractivity contribution in [3.63, 3.8) is 0 Å². The third kappa shape index (κ3) is 3.39. The van der Waals surface area contributed by atoms with Crippen LogP contribution in [0.25, 0.3) is 5.65 Å².